The molecule has 0 amide bonds. The number of aromatic carboxylic acids is 2. The molecule has 0 aromatic heterocycles. The van der Waals surface area contributed by atoms with E-state index in [0.29, 0.717) is 18.4 Å². The molecule has 0 spiro atoms. The first-order valence-corrected chi connectivity index (χ1v) is 11.1. The van der Waals surface area contributed by atoms with Gasteiger partial charge in [0.1, 0.15) is 0 Å². The van der Waals surface area contributed by atoms with Gasteiger partial charge in [-0.05, 0) is 36.5 Å². The van der Waals surface area contributed by atoms with E-state index in [0.717, 1.165) is 24.8 Å². The van der Waals surface area contributed by atoms with E-state index < -0.39 is 11.9 Å². The quantitative estimate of drug-likeness (QED) is 0.301. The summed E-state index contributed by atoms with van der Waals surface area (Å²) in [6.45, 7) is 4.22. The van der Waals surface area contributed by atoms with Gasteiger partial charge < -0.3 is 10.2 Å². The van der Waals surface area contributed by atoms with Crippen molar-refractivity contribution in [2.45, 2.75) is 104 Å². The largest absolute Gasteiger partial charge is 0.478 e. The molecule has 158 valence electrons. The molecule has 0 heterocycles. The third-order valence-corrected chi connectivity index (χ3v) is 5.52. The van der Waals surface area contributed by atoms with Gasteiger partial charge in [-0.1, -0.05) is 90.5 Å². The van der Waals surface area contributed by atoms with Gasteiger partial charge in [0.15, 0.2) is 0 Å². The maximum atomic E-state index is 11.7. The van der Waals surface area contributed by atoms with Gasteiger partial charge in [-0.25, -0.2) is 9.59 Å². The lowest BCUT2D eigenvalue weighted by molar-refractivity contribution is 0.0650. The fourth-order valence-corrected chi connectivity index (χ4v) is 3.87. The molecule has 0 radical (unpaired) electrons. The summed E-state index contributed by atoms with van der Waals surface area (Å²) < 4.78 is 0. The van der Waals surface area contributed by atoms with E-state index in [1.54, 1.807) is 6.07 Å². The summed E-state index contributed by atoms with van der Waals surface area (Å²) in [4.78, 5) is 23.1. The Balaban J connectivity index is 2.38. The Morgan fingerprint density at radius 3 is 1.64 bits per heavy atom. The molecule has 0 aliphatic rings. The first-order valence-electron chi connectivity index (χ1n) is 11.1. The zero-order valence-corrected chi connectivity index (χ0v) is 17.8. The fraction of sp³-hybridized carbons (Fsp3) is 0.667. The second kappa shape index (κ2) is 14.2. The summed E-state index contributed by atoms with van der Waals surface area (Å²) in [5.41, 5.74) is 1.54. The summed E-state index contributed by atoms with van der Waals surface area (Å²) in [5.74, 6) is -2.31. The number of hydrogen-bond donors (Lipinski definition) is 2. The predicted octanol–water partition coefficient (Wildman–Crippen LogP) is 6.89. The number of unbranched alkanes of at least 4 members (excludes halogenated alkanes) is 11. The van der Waals surface area contributed by atoms with Crippen LogP contribution < -0.4 is 0 Å². The first-order chi connectivity index (χ1) is 13.5. The van der Waals surface area contributed by atoms with Gasteiger partial charge in [-0.3, -0.25) is 0 Å². The number of benzene rings is 1. The fourth-order valence-electron chi connectivity index (χ4n) is 3.87. The van der Waals surface area contributed by atoms with E-state index in [1.807, 2.05) is 6.92 Å². The van der Waals surface area contributed by atoms with Crippen LogP contribution in [0.3, 0.4) is 0 Å². The van der Waals surface area contributed by atoms with E-state index in [9.17, 15) is 19.8 Å². The smallest absolute Gasteiger partial charge is 0.336 e. The molecule has 28 heavy (non-hydrogen) atoms. The second-order valence-electron chi connectivity index (χ2n) is 7.73. The zero-order valence-electron chi connectivity index (χ0n) is 17.8. The Kier molecular flexibility index (Phi) is 12.3. The summed E-state index contributed by atoms with van der Waals surface area (Å²) in [6.07, 6.45) is 16.4. The van der Waals surface area contributed by atoms with Crippen LogP contribution in [0.25, 0.3) is 0 Å². The SMILES string of the molecule is CCCCCCCCCCCCCCc1c(CC)ccc(C(=O)O)c1C(=O)O. The number of carboxylic acids is 2. The number of hydrogen-bond acceptors (Lipinski definition) is 2. The lowest BCUT2D eigenvalue weighted by Crippen LogP contribution is -2.13. The van der Waals surface area contributed by atoms with Gasteiger partial charge in [0.05, 0.1) is 11.1 Å². The Labute approximate surface area is 170 Å². The monoisotopic (exact) mass is 390 g/mol. The van der Waals surface area contributed by atoms with Crippen molar-refractivity contribution < 1.29 is 19.8 Å². The minimum atomic E-state index is -1.17. The van der Waals surface area contributed by atoms with E-state index in [-0.39, 0.29) is 11.1 Å². The highest BCUT2D eigenvalue weighted by atomic mass is 16.4. The molecule has 1 aromatic carbocycles. The van der Waals surface area contributed by atoms with Gasteiger partial charge in [0, 0.05) is 0 Å². The Bertz CT molecular complexity index is 607. The van der Waals surface area contributed by atoms with Crippen LogP contribution in [-0.2, 0) is 12.8 Å². The van der Waals surface area contributed by atoms with Crippen molar-refractivity contribution in [1.82, 2.24) is 0 Å². The molecule has 4 heteroatoms. The number of rotatable bonds is 16. The third kappa shape index (κ3) is 8.45. The van der Waals surface area contributed by atoms with Gasteiger partial charge in [0.25, 0.3) is 0 Å². The lowest BCUT2D eigenvalue weighted by atomic mass is 9.90. The predicted molar refractivity (Wildman–Crippen MR) is 115 cm³/mol. The molecule has 0 unspecified atom stereocenters. The zero-order chi connectivity index (χ0) is 20.8. The van der Waals surface area contributed by atoms with Crippen molar-refractivity contribution >= 4 is 11.9 Å². The molecule has 0 aliphatic heterocycles. The molecule has 0 bridgehead atoms. The van der Waals surface area contributed by atoms with Crippen molar-refractivity contribution in [3.8, 4) is 0 Å². The Hall–Kier alpha value is -1.84. The normalized spacial score (nSPS) is 10.9. The summed E-state index contributed by atoms with van der Waals surface area (Å²) in [7, 11) is 0. The number of carboxylic acid groups (broad SMARTS) is 2. The Morgan fingerprint density at radius 1 is 0.714 bits per heavy atom. The highest BCUT2D eigenvalue weighted by Crippen LogP contribution is 2.23. The maximum absolute atomic E-state index is 11.7. The number of aryl methyl sites for hydroxylation is 1. The van der Waals surface area contributed by atoms with Crippen molar-refractivity contribution in [3.05, 3.63) is 34.4 Å². The molecule has 0 saturated carbocycles. The molecular formula is C24H38O4. The molecule has 1 rings (SSSR count). The van der Waals surface area contributed by atoms with Crippen LogP contribution in [0.15, 0.2) is 12.1 Å². The van der Waals surface area contributed by atoms with Crippen LogP contribution in [0.5, 0.6) is 0 Å². The molecule has 1 aromatic rings. The molecule has 0 fully saturated rings. The molecule has 2 N–H and O–H groups in total. The van der Waals surface area contributed by atoms with Crippen LogP contribution >= 0.6 is 0 Å². The minimum absolute atomic E-state index is 0.0186. The average molecular weight is 391 g/mol. The van der Waals surface area contributed by atoms with Gasteiger partial charge in [-0.2, -0.15) is 0 Å². The van der Waals surface area contributed by atoms with Crippen LogP contribution in [0, 0.1) is 0 Å². The van der Waals surface area contributed by atoms with Crippen molar-refractivity contribution in [2.75, 3.05) is 0 Å². The topological polar surface area (TPSA) is 74.6 Å². The van der Waals surface area contributed by atoms with E-state index in [4.69, 9.17) is 0 Å². The molecular weight excluding hydrogens is 352 g/mol. The van der Waals surface area contributed by atoms with Crippen LogP contribution in [0.1, 0.15) is 123 Å². The minimum Gasteiger partial charge on any atom is -0.478 e. The van der Waals surface area contributed by atoms with Gasteiger partial charge in [0.2, 0.25) is 0 Å². The summed E-state index contributed by atoms with van der Waals surface area (Å²) in [5, 5.41) is 18.9. The number of carbonyl (C=O) groups is 2. The molecule has 0 aliphatic carbocycles. The van der Waals surface area contributed by atoms with E-state index >= 15 is 0 Å². The first kappa shape index (κ1) is 24.2. The third-order valence-electron chi connectivity index (χ3n) is 5.52. The molecule has 4 nitrogen and oxygen atoms in total. The lowest BCUT2D eigenvalue weighted by Gasteiger charge is -2.14. The van der Waals surface area contributed by atoms with Crippen molar-refractivity contribution in [1.29, 1.82) is 0 Å². The maximum Gasteiger partial charge on any atom is 0.336 e. The molecule has 0 atom stereocenters. The van der Waals surface area contributed by atoms with Crippen LogP contribution in [-0.4, -0.2) is 22.2 Å². The standard InChI is InChI=1S/C24H38O4/c1-3-5-6-7-8-9-10-11-12-13-14-15-16-20-19(4-2)17-18-21(23(25)26)22(20)24(27)28/h17-18H,3-16H2,1-2H3,(H,25,26)(H,27,28). The Morgan fingerprint density at radius 2 is 1.21 bits per heavy atom. The highest BCUT2D eigenvalue weighted by molar-refractivity contribution is 6.03. The van der Waals surface area contributed by atoms with Crippen LogP contribution in [0.4, 0.5) is 0 Å². The van der Waals surface area contributed by atoms with Gasteiger partial charge >= 0.3 is 11.9 Å². The second-order valence-corrected chi connectivity index (χ2v) is 7.73. The average Bonchev–Trinajstić information content (AvgIpc) is 2.67. The van der Waals surface area contributed by atoms with E-state index in [2.05, 4.69) is 6.92 Å². The van der Waals surface area contributed by atoms with Crippen molar-refractivity contribution in [2.24, 2.45) is 0 Å². The summed E-state index contributed by atoms with van der Waals surface area (Å²) >= 11 is 0. The van der Waals surface area contributed by atoms with Crippen molar-refractivity contribution in [3.63, 3.8) is 0 Å². The van der Waals surface area contributed by atoms with Gasteiger partial charge in [-0.15, -0.1) is 0 Å². The molecule has 0 saturated heterocycles. The van der Waals surface area contributed by atoms with E-state index in [1.165, 1.54) is 63.9 Å². The highest BCUT2D eigenvalue weighted by Gasteiger charge is 2.21. The summed E-state index contributed by atoms with van der Waals surface area (Å²) in [6, 6.07) is 3.20. The van der Waals surface area contributed by atoms with Crippen LogP contribution in [0.2, 0.25) is 0 Å².